The Morgan fingerprint density at radius 3 is 2.75 bits per heavy atom. The van der Waals surface area contributed by atoms with E-state index in [0.29, 0.717) is 16.5 Å². The lowest BCUT2D eigenvalue weighted by Gasteiger charge is -2.21. The van der Waals surface area contributed by atoms with Crippen molar-refractivity contribution in [1.82, 2.24) is 10.6 Å². The average molecular weight is 371 g/mol. The zero-order valence-corrected chi connectivity index (χ0v) is 15.4. The van der Waals surface area contributed by atoms with Crippen LogP contribution in [0.5, 0.6) is 0 Å². The molecule has 0 spiro atoms. The van der Waals surface area contributed by atoms with E-state index in [4.69, 9.17) is 23.2 Å². The molecule has 1 aliphatic rings. The quantitative estimate of drug-likeness (QED) is 0.755. The van der Waals surface area contributed by atoms with Crippen LogP contribution in [0.1, 0.15) is 55.8 Å². The molecule has 1 saturated carbocycles. The second kappa shape index (κ2) is 9.28. The summed E-state index contributed by atoms with van der Waals surface area (Å²) in [5.41, 5.74) is 0.315. The standard InChI is InChI=1S/C18H24Cl2N2O2/c1-2-3-5-12-6-4-7-16(12)22-17(23)11-21-18(24)14-9-8-13(19)10-15(14)20/h8-10,12,16H,2-7,11H2,1H3,(H,21,24)(H,22,23). The van der Waals surface area contributed by atoms with E-state index in [0.717, 1.165) is 19.3 Å². The van der Waals surface area contributed by atoms with Crippen LogP contribution in [0.15, 0.2) is 18.2 Å². The van der Waals surface area contributed by atoms with Crippen molar-refractivity contribution >= 4 is 35.0 Å². The van der Waals surface area contributed by atoms with Gasteiger partial charge in [0.25, 0.3) is 5.91 Å². The van der Waals surface area contributed by atoms with E-state index in [9.17, 15) is 9.59 Å². The molecule has 0 bridgehead atoms. The van der Waals surface area contributed by atoms with Crippen molar-refractivity contribution in [1.29, 1.82) is 0 Å². The van der Waals surface area contributed by atoms with Gasteiger partial charge in [-0.3, -0.25) is 9.59 Å². The number of rotatable bonds is 7. The highest BCUT2D eigenvalue weighted by atomic mass is 35.5. The van der Waals surface area contributed by atoms with Crippen molar-refractivity contribution in [3.05, 3.63) is 33.8 Å². The molecule has 1 aromatic rings. The molecule has 132 valence electrons. The fraction of sp³-hybridized carbons (Fsp3) is 0.556. The van der Waals surface area contributed by atoms with Crippen molar-refractivity contribution in [2.75, 3.05) is 6.54 Å². The summed E-state index contributed by atoms with van der Waals surface area (Å²) in [6.07, 6.45) is 6.90. The number of nitrogens with one attached hydrogen (secondary N) is 2. The van der Waals surface area contributed by atoms with E-state index in [1.807, 2.05) is 0 Å². The monoisotopic (exact) mass is 370 g/mol. The Morgan fingerprint density at radius 1 is 1.25 bits per heavy atom. The van der Waals surface area contributed by atoms with E-state index < -0.39 is 0 Å². The van der Waals surface area contributed by atoms with Crippen molar-refractivity contribution in [2.45, 2.75) is 51.5 Å². The summed E-state index contributed by atoms with van der Waals surface area (Å²) in [4.78, 5) is 24.2. The molecular formula is C18H24Cl2N2O2. The topological polar surface area (TPSA) is 58.2 Å². The van der Waals surface area contributed by atoms with Crippen LogP contribution in [0.2, 0.25) is 10.0 Å². The third-order valence-corrected chi connectivity index (χ3v) is 5.07. The summed E-state index contributed by atoms with van der Waals surface area (Å²) in [7, 11) is 0. The van der Waals surface area contributed by atoms with Gasteiger partial charge < -0.3 is 10.6 Å². The third kappa shape index (κ3) is 5.38. The first-order valence-corrected chi connectivity index (χ1v) is 9.29. The van der Waals surface area contributed by atoms with Crippen LogP contribution in [0, 0.1) is 5.92 Å². The number of amides is 2. The molecule has 24 heavy (non-hydrogen) atoms. The summed E-state index contributed by atoms with van der Waals surface area (Å²) in [5, 5.41) is 6.41. The zero-order valence-electron chi connectivity index (χ0n) is 13.9. The second-order valence-corrected chi connectivity index (χ2v) is 7.16. The predicted molar refractivity (Wildman–Crippen MR) is 97.6 cm³/mol. The van der Waals surface area contributed by atoms with Crippen LogP contribution in [0.3, 0.4) is 0 Å². The van der Waals surface area contributed by atoms with Gasteiger partial charge in [0.2, 0.25) is 5.91 Å². The summed E-state index contributed by atoms with van der Waals surface area (Å²) < 4.78 is 0. The second-order valence-electron chi connectivity index (χ2n) is 6.31. The molecule has 1 fully saturated rings. The first-order chi connectivity index (χ1) is 11.5. The number of unbranched alkanes of at least 4 members (excludes halogenated alkanes) is 1. The molecule has 0 heterocycles. The molecule has 2 unspecified atom stereocenters. The summed E-state index contributed by atoms with van der Waals surface area (Å²) in [6, 6.07) is 4.89. The predicted octanol–water partition coefficient (Wildman–Crippen LogP) is 4.20. The Bertz CT molecular complexity index is 592. The van der Waals surface area contributed by atoms with Gasteiger partial charge in [0, 0.05) is 11.1 Å². The van der Waals surface area contributed by atoms with Gasteiger partial charge in [0.05, 0.1) is 17.1 Å². The van der Waals surface area contributed by atoms with Gasteiger partial charge in [-0.05, 0) is 43.4 Å². The molecule has 6 heteroatoms. The zero-order chi connectivity index (χ0) is 17.5. The van der Waals surface area contributed by atoms with E-state index in [2.05, 4.69) is 17.6 Å². The molecule has 2 rings (SSSR count). The molecule has 0 aliphatic heterocycles. The van der Waals surface area contributed by atoms with E-state index >= 15 is 0 Å². The molecule has 0 aromatic heterocycles. The first-order valence-electron chi connectivity index (χ1n) is 8.54. The lowest BCUT2D eigenvalue weighted by molar-refractivity contribution is -0.121. The minimum absolute atomic E-state index is 0.0468. The minimum Gasteiger partial charge on any atom is -0.352 e. The average Bonchev–Trinajstić information content (AvgIpc) is 2.97. The van der Waals surface area contributed by atoms with Gasteiger partial charge in [-0.1, -0.05) is 49.4 Å². The maximum atomic E-state index is 12.1. The van der Waals surface area contributed by atoms with Gasteiger partial charge in [-0.15, -0.1) is 0 Å². The van der Waals surface area contributed by atoms with Gasteiger partial charge >= 0.3 is 0 Å². The normalized spacial score (nSPS) is 20.0. The summed E-state index contributed by atoms with van der Waals surface area (Å²) in [5.74, 6) is 0.0397. The van der Waals surface area contributed by atoms with E-state index in [-0.39, 0.29) is 29.4 Å². The molecule has 2 atom stereocenters. The Hall–Kier alpha value is -1.26. The third-order valence-electron chi connectivity index (χ3n) is 4.52. The molecule has 4 nitrogen and oxygen atoms in total. The number of hydrogen-bond acceptors (Lipinski definition) is 2. The molecule has 2 N–H and O–H groups in total. The maximum Gasteiger partial charge on any atom is 0.253 e. The SMILES string of the molecule is CCCCC1CCCC1NC(=O)CNC(=O)c1ccc(Cl)cc1Cl. The first kappa shape index (κ1) is 19.1. The van der Waals surface area contributed by atoms with Crippen LogP contribution in [-0.4, -0.2) is 24.4 Å². The lowest BCUT2D eigenvalue weighted by Crippen LogP contribution is -2.43. The van der Waals surface area contributed by atoms with Gasteiger partial charge in [-0.25, -0.2) is 0 Å². The van der Waals surface area contributed by atoms with E-state index in [1.54, 1.807) is 12.1 Å². The largest absolute Gasteiger partial charge is 0.352 e. The van der Waals surface area contributed by atoms with Gasteiger partial charge in [-0.2, -0.15) is 0 Å². The Morgan fingerprint density at radius 2 is 2.04 bits per heavy atom. The summed E-state index contributed by atoms with van der Waals surface area (Å²) in [6.45, 7) is 2.13. The number of halogens is 2. The molecule has 1 aromatic carbocycles. The number of hydrogen-bond donors (Lipinski definition) is 2. The highest BCUT2D eigenvalue weighted by Gasteiger charge is 2.27. The summed E-state index contributed by atoms with van der Waals surface area (Å²) >= 11 is 11.8. The lowest BCUT2D eigenvalue weighted by atomic mass is 9.97. The van der Waals surface area contributed by atoms with Crippen LogP contribution >= 0.6 is 23.2 Å². The van der Waals surface area contributed by atoms with Crippen LogP contribution < -0.4 is 10.6 Å². The van der Waals surface area contributed by atoms with Crippen LogP contribution in [0.4, 0.5) is 0 Å². The smallest absolute Gasteiger partial charge is 0.253 e. The fourth-order valence-electron chi connectivity index (χ4n) is 3.23. The molecule has 1 aliphatic carbocycles. The Balaban J connectivity index is 1.81. The molecular weight excluding hydrogens is 347 g/mol. The molecule has 2 amide bonds. The maximum absolute atomic E-state index is 12.1. The van der Waals surface area contributed by atoms with Gasteiger partial charge in [0.1, 0.15) is 0 Å². The van der Waals surface area contributed by atoms with Crippen molar-refractivity contribution < 1.29 is 9.59 Å². The highest BCUT2D eigenvalue weighted by molar-refractivity contribution is 6.36. The highest BCUT2D eigenvalue weighted by Crippen LogP contribution is 2.29. The number of benzene rings is 1. The van der Waals surface area contributed by atoms with Crippen LogP contribution in [-0.2, 0) is 4.79 Å². The molecule has 0 saturated heterocycles. The van der Waals surface area contributed by atoms with Crippen molar-refractivity contribution in [2.24, 2.45) is 5.92 Å². The molecule has 0 radical (unpaired) electrons. The fourth-order valence-corrected chi connectivity index (χ4v) is 3.72. The Kier molecular flexibility index (Phi) is 7.38. The number of carbonyl (C=O) groups is 2. The van der Waals surface area contributed by atoms with Gasteiger partial charge in [0.15, 0.2) is 0 Å². The Labute approximate surface area is 153 Å². The van der Waals surface area contributed by atoms with Crippen molar-refractivity contribution in [3.63, 3.8) is 0 Å². The number of carbonyl (C=O) groups excluding carboxylic acids is 2. The van der Waals surface area contributed by atoms with Crippen molar-refractivity contribution in [3.8, 4) is 0 Å². The minimum atomic E-state index is -0.374. The van der Waals surface area contributed by atoms with Crippen LogP contribution in [0.25, 0.3) is 0 Å². The van der Waals surface area contributed by atoms with E-state index in [1.165, 1.54) is 25.3 Å².